The molecule has 2 aromatic rings. The maximum absolute atomic E-state index is 13.0. The number of anilines is 1. The number of carbonyl (C=O) groups is 3. The van der Waals surface area contributed by atoms with Gasteiger partial charge < -0.3 is 16.0 Å². The quantitative estimate of drug-likeness (QED) is 0.797. The minimum Gasteiger partial charge on any atom is -0.366 e. The number of likely N-dealkylation sites (tertiary alicyclic amines) is 1. The van der Waals surface area contributed by atoms with Gasteiger partial charge in [0.25, 0.3) is 0 Å². The largest absolute Gasteiger partial charge is 0.366 e. The monoisotopic (exact) mass is 380 g/mol. The van der Waals surface area contributed by atoms with Crippen LogP contribution in [0.1, 0.15) is 42.2 Å². The second-order valence-corrected chi connectivity index (χ2v) is 7.41. The molecule has 0 unspecified atom stereocenters. The number of carbonyl (C=O) groups excluding carboxylic acids is 3. The van der Waals surface area contributed by atoms with Crippen LogP contribution in [0.3, 0.4) is 0 Å². The Morgan fingerprint density at radius 3 is 2.54 bits per heavy atom. The van der Waals surface area contributed by atoms with E-state index in [1.54, 1.807) is 4.90 Å². The highest BCUT2D eigenvalue weighted by Gasteiger charge is 2.38. The number of nitrogens with two attached hydrogens (primary N) is 1. The molecule has 2 heterocycles. The van der Waals surface area contributed by atoms with Gasteiger partial charge in [-0.2, -0.15) is 0 Å². The number of nitrogens with zero attached hydrogens (tertiary/aromatic N) is 2. The van der Waals surface area contributed by atoms with Crippen LogP contribution in [-0.4, -0.2) is 34.2 Å². The van der Waals surface area contributed by atoms with Crippen LogP contribution < -0.4 is 11.1 Å². The van der Waals surface area contributed by atoms with Gasteiger partial charge in [-0.25, -0.2) is 0 Å². The molecule has 1 aliphatic rings. The van der Waals surface area contributed by atoms with Gasteiger partial charge in [-0.15, -0.1) is 0 Å². The molecule has 7 nitrogen and oxygen atoms in total. The van der Waals surface area contributed by atoms with Crippen LogP contribution in [0.25, 0.3) is 0 Å². The number of amides is 3. The molecule has 3 amide bonds. The normalized spacial score (nSPS) is 21.8. The maximum atomic E-state index is 13.0. The van der Waals surface area contributed by atoms with Crippen LogP contribution in [0.4, 0.5) is 5.69 Å². The number of primary amides is 1. The summed E-state index contributed by atoms with van der Waals surface area (Å²) in [6.45, 7) is 4.69. The molecular formula is C21H24N4O3. The molecule has 0 spiro atoms. The lowest BCUT2D eigenvalue weighted by molar-refractivity contribution is -0.147. The average molecular weight is 380 g/mol. The minimum atomic E-state index is -0.759. The van der Waals surface area contributed by atoms with Crippen LogP contribution in [-0.2, 0) is 9.59 Å². The van der Waals surface area contributed by atoms with Crippen molar-refractivity contribution in [3.8, 4) is 0 Å². The van der Waals surface area contributed by atoms with Crippen molar-refractivity contribution < 1.29 is 14.4 Å². The first-order valence-corrected chi connectivity index (χ1v) is 9.28. The first-order valence-electron chi connectivity index (χ1n) is 9.28. The zero-order valence-corrected chi connectivity index (χ0v) is 16.0. The Hall–Kier alpha value is -3.22. The summed E-state index contributed by atoms with van der Waals surface area (Å²) in [5.74, 6) is -1.49. The van der Waals surface area contributed by atoms with Crippen molar-refractivity contribution >= 4 is 23.4 Å². The van der Waals surface area contributed by atoms with Crippen molar-refractivity contribution in [1.82, 2.24) is 9.88 Å². The Kier molecular flexibility index (Phi) is 5.73. The van der Waals surface area contributed by atoms with E-state index in [9.17, 15) is 14.4 Å². The van der Waals surface area contributed by atoms with E-state index >= 15 is 0 Å². The highest BCUT2D eigenvalue weighted by atomic mass is 16.2. The van der Waals surface area contributed by atoms with Gasteiger partial charge in [0.15, 0.2) is 0 Å². The summed E-state index contributed by atoms with van der Waals surface area (Å²) < 4.78 is 0. The van der Waals surface area contributed by atoms with Crippen molar-refractivity contribution in [3.63, 3.8) is 0 Å². The highest BCUT2D eigenvalue weighted by Crippen LogP contribution is 2.38. The number of pyridine rings is 1. The van der Waals surface area contributed by atoms with Crippen molar-refractivity contribution in [2.24, 2.45) is 17.6 Å². The van der Waals surface area contributed by atoms with Crippen molar-refractivity contribution in [2.45, 2.75) is 26.3 Å². The third-order valence-electron chi connectivity index (χ3n) is 5.03. The first kappa shape index (κ1) is 19.5. The molecule has 1 aliphatic heterocycles. The smallest absolute Gasteiger partial charge is 0.313 e. The molecule has 3 rings (SSSR count). The molecule has 1 saturated heterocycles. The Labute approximate surface area is 163 Å². The standard InChI is InChI=1S/C21H24N4O3/c1-13-8-14(2)18(15-6-4-3-5-7-15)25(12-13)21(28)20(27)24-17-9-16(19(22)26)10-23-11-17/h3-7,9-11,13-14,18H,8,12H2,1-2H3,(H2,22,26)(H,24,27)/t13-,14+,18+/m1/s1. The van der Waals surface area contributed by atoms with Crippen LogP contribution in [0.2, 0.25) is 0 Å². The van der Waals surface area contributed by atoms with Gasteiger partial charge in [0, 0.05) is 12.7 Å². The van der Waals surface area contributed by atoms with E-state index in [0.717, 1.165) is 12.0 Å². The molecule has 1 aromatic carbocycles. The summed E-state index contributed by atoms with van der Waals surface area (Å²) in [5, 5.41) is 2.54. The molecule has 0 saturated carbocycles. The molecule has 28 heavy (non-hydrogen) atoms. The fraction of sp³-hybridized carbons (Fsp3) is 0.333. The zero-order valence-electron chi connectivity index (χ0n) is 16.0. The van der Waals surface area contributed by atoms with Gasteiger partial charge in [0.05, 0.1) is 23.5 Å². The van der Waals surface area contributed by atoms with E-state index in [2.05, 4.69) is 24.1 Å². The number of rotatable bonds is 3. The van der Waals surface area contributed by atoms with Gasteiger partial charge in [-0.1, -0.05) is 44.2 Å². The van der Waals surface area contributed by atoms with Gasteiger partial charge in [-0.3, -0.25) is 19.4 Å². The Morgan fingerprint density at radius 2 is 1.86 bits per heavy atom. The number of benzene rings is 1. The molecule has 1 fully saturated rings. The predicted molar refractivity (Wildman–Crippen MR) is 105 cm³/mol. The fourth-order valence-electron chi connectivity index (χ4n) is 3.92. The van der Waals surface area contributed by atoms with E-state index in [0.29, 0.717) is 12.5 Å². The number of piperidine rings is 1. The fourth-order valence-corrected chi connectivity index (χ4v) is 3.92. The van der Waals surface area contributed by atoms with Crippen molar-refractivity contribution in [1.29, 1.82) is 0 Å². The van der Waals surface area contributed by atoms with Gasteiger partial charge >= 0.3 is 11.8 Å². The van der Waals surface area contributed by atoms with E-state index < -0.39 is 17.7 Å². The van der Waals surface area contributed by atoms with Crippen LogP contribution in [0.15, 0.2) is 48.8 Å². The molecule has 146 valence electrons. The van der Waals surface area contributed by atoms with Crippen molar-refractivity contribution in [3.05, 3.63) is 59.9 Å². The highest BCUT2D eigenvalue weighted by molar-refractivity contribution is 6.39. The van der Waals surface area contributed by atoms with Gasteiger partial charge in [-0.05, 0) is 29.9 Å². The van der Waals surface area contributed by atoms with E-state index in [-0.39, 0.29) is 23.2 Å². The third kappa shape index (κ3) is 4.19. The lowest BCUT2D eigenvalue weighted by Crippen LogP contribution is -2.49. The average Bonchev–Trinajstić information content (AvgIpc) is 2.67. The Morgan fingerprint density at radius 1 is 1.14 bits per heavy atom. The predicted octanol–water partition coefficient (Wildman–Crippen LogP) is 2.36. The molecule has 3 atom stereocenters. The summed E-state index contributed by atoms with van der Waals surface area (Å²) in [4.78, 5) is 42.4. The topological polar surface area (TPSA) is 105 Å². The number of aromatic nitrogens is 1. The van der Waals surface area contributed by atoms with Crippen molar-refractivity contribution in [2.75, 3.05) is 11.9 Å². The summed E-state index contributed by atoms with van der Waals surface area (Å²) >= 11 is 0. The maximum Gasteiger partial charge on any atom is 0.313 e. The molecule has 0 aliphatic carbocycles. The Bertz CT molecular complexity index is 884. The summed E-state index contributed by atoms with van der Waals surface area (Å²) in [6, 6.07) is 11.0. The molecule has 0 radical (unpaired) electrons. The Balaban J connectivity index is 1.82. The lowest BCUT2D eigenvalue weighted by Gasteiger charge is -2.42. The van der Waals surface area contributed by atoms with Crippen LogP contribution >= 0.6 is 0 Å². The second-order valence-electron chi connectivity index (χ2n) is 7.41. The van der Waals surface area contributed by atoms with Gasteiger partial charge in [0.1, 0.15) is 0 Å². The number of nitrogens with one attached hydrogen (secondary N) is 1. The number of hydrogen-bond donors (Lipinski definition) is 2. The van der Waals surface area contributed by atoms with E-state index in [4.69, 9.17) is 5.73 Å². The summed E-state index contributed by atoms with van der Waals surface area (Å²) in [7, 11) is 0. The number of hydrogen-bond acceptors (Lipinski definition) is 4. The minimum absolute atomic E-state index is 0.160. The lowest BCUT2D eigenvalue weighted by atomic mass is 9.81. The van der Waals surface area contributed by atoms with Gasteiger partial charge in [0.2, 0.25) is 5.91 Å². The molecule has 0 bridgehead atoms. The third-order valence-corrected chi connectivity index (χ3v) is 5.03. The SMILES string of the molecule is C[C@@H]1C[C@H](C)[C@@H](c2ccccc2)N(C(=O)C(=O)Nc2cncc(C(N)=O)c2)C1. The molecular weight excluding hydrogens is 356 g/mol. The first-order chi connectivity index (χ1) is 13.4. The van der Waals surface area contributed by atoms with E-state index in [1.807, 2.05) is 30.3 Å². The molecule has 1 aromatic heterocycles. The zero-order chi connectivity index (χ0) is 20.3. The molecule has 7 heteroatoms. The van der Waals surface area contributed by atoms with Crippen LogP contribution in [0, 0.1) is 11.8 Å². The van der Waals surface area contributed by atoms with Crippen LogP contribution in [0.5, 0.6) is 0 Å². The summed E-state index contributed by atoms with van der Waals surface area (Å²) in [6.07, 6.45) is 3.66. The summed E-state index contributed by atoms with van der Waals surface area (Å²) in [5.41, 5.74) is 6.66. The molecule has 3 N–H and O–H groups in total. The van der Waals surface area contributed by atoms with E-state index in [1.165, 1.54) is 18.5 Å². The second kappa shape index (κ2) is 8.21.